The number of hydrogen-bond donors (Lipinski definition) is 0. The number of nitrogens with zero attached hydrogens (tertiary/aromatic N) is 7. The Labute approximate surface area is 177 Å². The van der Waals surface area contributed by atoms with Crippen molar-refractivity contribution in [3.63, 3.8) is 0 Å². The van der Waals surface area contributed by atoms with Crippen molar-refractivity contribution in [2.75, 3.05) is 11.5 Å². The number of benzene rings is 1. The molecule has 4 heterocycles. The van der Waals surface area contributed by atoms with Gasteiger partial charge in [-0.05, 0) is 37.6 Å². The summed E-state index contributed by atoms with van der Waals surface area (Å²) in [5.74, 6) is 3.61. The largest absolute Gasteiger partial charge is 0.297 e. The number of fused-ring (bicyclic) bond motifs is 1. The van der Waals surface area contributed by atoms with E-state index in [1.165, 1.54) is 5.56 Å². The first-order chi connectivity index (χ1) is 14.2. The molecule has 29 heavy (non-hydrogen) atoms. The second-order valence-corrected chi connectivity index (χ2v) is 8.82. The van der Waals surface area contributed by atoms with Crippen LogP contribution in [0.2, 0.25) is 0 Å². The lowest BCUT2D eigenvalue weighted by Gasteiger charge is -2.15. The Morgan fingerprint density at radius 2 is 1.97 bits per heavy atom. The van der Waals surface area contributed by atoms with Crippen molar-refractivity contribution in [1.29, 1.82) is 0 Å². The van der Waals surface area contributed by atoms with Gasteiger partial charge in [-0.25, -0.2) is 0 Å². The van der Waals surface area contributed by atoms with Gasteiger partial charge in [0.05, 0.1) is 11.7 Å². The Bertz CT molecular complexity index is 1150. The number of pyridine rings is 1. The van der Waals surface area contributed by atoms with Crippen LogP contribution in [0.1, 0.15) is 17.4 Å². The molecule has 146 valence electrons. The highest BCUT2D eigenvalue weighted by atomic mass is 32.2. The highest BCUT2D eigenvalue weighted by molar-refractivity contribution is 8.00. The number of hydrogen-bond acceptors (Lipinski definition) is 7. The minimum Gasteiger partial charge on any atom is -0.297 e. The molecule has 1 unspecified atom stereocenters. The van der Waals surface area contributed by atoms with Crippen LogP contribution >= 0.6 is 23.5 Å². The van der Waals surface area contributed by atoms with Gasteiger partial charge >= 0.3 is 0 Å². The minimum absolute atomic E-state index is 0.285. The number of para-hydroxylation sites is 1. The monoisotopic (exact) mass is 421 g/mol. The van der Waals surface area contributed by atoms with Gasteiger partial charge in [0.1, 0.15) is 5.82 Å². The number of aromatic nitrogens is 7. The predicted octanol–water partition coefficient (Wildman–Crippen LogP) is 3.98. The fourth-order valence-electron chi connectivity index (χ4n) is 3.46. The van der Waals surface area contributed by atoms with Gasteiger partial charge in [0.2, 0.25) is 0 Å². The summed E-state index contributed by atoms with van der Waals surface area (Å²) >= 11 is 3.47. The molecule has 0 aliphatic carbocycles. The molecule has 0 amide bonds. The molecule has 0 radical (unpaired) electrons. The van der Waals surface area contributed by atoms with E-state index < -0.39 is 0 Å². The molecule has 1 aromatic carbocycles. The molecular formula is C20H19N7S2. The van der Waals surface area contributed by atoms with E-state index in [-0.39, 0.29) is 6.04 Å². The fraction of sp³-hybridized carbons (Fsp3) is 0.250. The lowest BCUT2D eigenvalue weighted by Crippen LogP contribution is -2.12. The second-order valence-electron chi connectivity index (χ2n) is 6.85. The predicted molar refractivity (Wildman–Crippen MR) is 115 cm³/mol. The smallest absolute Gasteiger partial charge is 0.195 e. The van der Waals surface area contributed by atoms with Crippen molar-refractivity contribution in [2.24, 2.45) is 0 Å². The van der Waals surface area contributed by atoms with Crippen LogP contribution < -0.4 is 0 Å². The highest BCUT2D eigenvalue weighted by Crippen LogP contribution is 2.39. The molecule has 9 heteroatoms. The molecule has 1 aliphatic rings. The normalized spacial score (nSPS) is 15.6. The summed E-state index contributed by atoms with van der Waals surface area (Å²) in [6.07, 6.45) is 3.61. The molecule has 0 saturated carbocycles. The lowest BCUT2D eigenvalue weighted by molar-refractivity contribution is 0.596. The standard InChI is InChI=1S/C20H19N7S2/c1-13-6-3-4-8-17(13)26-14(2)22-24-19(26)28-11-16-12-29-20-25-23-18(27(16)20)15-7-5-9-21-10-15/h3-10,16H,11-12H2,1-2H3. The van der Waals surface area contributed by atoms with E-state index in [4.69, 9.17) is 0 Å². The Morgan fingerprint density at radius 1 is 1.07 bits per heavy atom. The van der Waals surface area contributed by atoms with E-state index in [0.717, 1.165) is 44.7 Å². The SMILES string of the molecule is Cc1ccccc1-n1c(C)nnc1SCC1CSc2nnc(-c3cccnc3)n21. The number of rotatable bonds is 5. The van der Waals surface area contributed by atoms with Gasteiger partial charge in [-0.1, -0.05) is 41.7 Å². The van der Waals surface area contributed by atoms with Gasteiger partial charge in [0.25, 0.3) is 0 Å². The quantitative estimate of drug-likeness (QED) is 0.451. The Hall–Kier alpha value is -2.65. The van der Waals surface area contributed by atoms with Gasteiger partial charge < -0.3 is 0 Å². The molecule has 0 N–H and O–H groups in total. The zero-order chi connectivity index (χ0) is 19.8. The molecule has 4 aromatic rings. The van der Waals surface area contributed by atoms with E-state index in [1.807, 2.05) is 31.3 Å². The average Bonchev–Trinajstić information content (AvgIpc) is 3.43. The van der Waals surface area contributed by atoms with E-state index in [1.54, 1.807) is 29.7 Å². The minimum atomic E-state index is 0.285. The van der Waals surface area contributed by atoms with E-state index in [2.05, 4.69) is 59.6 Å². The number of aryl methyl sites for hydroxylation is 2. The Morgan fingerprint density at radius 3 is 2.79 bits per heavy atom. The van der Waals surface area contributed by atoms with Crippen LogP contribution in [-0.4, -0.2) is 46.0 Å². The van der Waals surface area contributed by atoms with E-state index >= 15 is 0 Å². The van der Waals surface area contributed by atoms with Crippen molar-refractivity contribution in [3.05, 3.63) is 60.2 Å². The van der Waals surface area contributed by atoms with Crippen molar-refractivity contribution in [3.8, 4) is 17.1 Å². The lowest BCUT2D eigenvalue weighted by atomic mass is 10.2. The first kappa shape index (κ1) is 18.4. The van der Waals surface area contributed by atoms with Gasteiger partial charge in [0, 0.05) is 29.5 Å². The maximum Gasteiger partial charge on any atom is 0.195 e. The van der Waals surface area contributed by atoms with Crippen molar-refractivity contribution < 1.29 is 0 Å². The molecule has 0 spiro atoms. The Kier molecular flexibility index (Phi) is 4.84. The summed E-state index contributed by atoms with van der Waals surface area (Å²) in [5.41, 5.74) is 3.32. The maximum atomic E-state index is 4.44. The van der Waals surface area contributed by atoms with Gasteiger partial charge in [-0.15, -0.1) is 20.4 Å². The van der Waals surface area contributed by atoms with Crippen LogP contribution in [-0.2, 0) is 0 Å². The summed E-state index contributed by atoms with van der Waals surface area (Å²) in [7, 11) is 0. The summed E-state index contributed by atoms with van der Waals surface area (Å²) in [6, 6.07) is 12.6. The van der Waals surface area contributed by atoms with Gasteiger partial charge in [-0.3, -0.25) is 14.1 Å². The molecule has 0 saturated heterocycles. The highest BCUT2D eigenvalue weighted by Gasteiger charge is 2.29. The van der Waals surface area contributed by atoms with Crippen LogP contribution in [0, 0.1) is 13.8 Å². The zero-order valence-corrected chi connectivity index (χ0v) is 17.7. The third kappa shape index (κ3) is 3.34. The molecule has 1 aliphatic heterocycles. The third-order valence-electron chi connectivity index (χ3n) is 4.91. The van der Waals surface area contributed by atoms with Crippen LogP contribution in [0.25, 0.3) is 17.1 Å². The molecular weight excluding hydrogens is 402 g/mol. The van der Waals surface area contributed by atoms with Gasteiger partial charge in [-0.2, -0.15) is 0 Å². The number of thioether (sulfide) groups is 2. The Balaban J connectivity index is 1.42. The molecule has 0 fully saturated rings. The summed E-state index contributed by atoms with van der Waals surface area (Å²) < 4.78 is 4.37. The van der Waals surface area contributed by atoms with E-state index in [9.17, 15) is 0 Å². The summed E-state index contributed by atoms with van der Waals surface area (Å²) in [6.45, 7) is 4.10. The third-order valence-corrected chi connectivity index (χ3v) is 7.07. The second kappa shape index (κ2) is 7.64. The summed E-state index contributed by atoms with van der Waals surface area (Å²) in [4.78, 5) is 4.23. The average molecular weight is 422 g/mol. The van der Waals surface area contributed by atoms with Crippen molar-refractivity contribution in [1.82, 2.24) is 34.5 Å². The van der Waals surface area contributed by atoms with Crippen molar-refractivity contribution >= 4 is 23.5 Å². The molecule has 3 aromatic heterocycles. The molecule has 5 rings (SSSR count). The molecule has 1 atom stereocenters. The van der Waals surface area contributed by atoms with Crippen molar-refractivity contribution in [2.45, 2.75) is 30.2 Å². The van der Waals surface area contributed by atoms with Gasteiger partial charge in [0.15, 0.2) is 16.1 Å². The molecule has 0 bridgehead atoms. The van der Waals surface area contributed by atoms with Crippen LogP contribution in [0.3, 0.4) is 0 Å². The summed E-state index contributed by atoms with van der Waals surface area (Å²) in [5, 5.41) is 19.4. The van der Waals surface area contributed by atoms with Crippen LogP contribution in [0.15, 0.2) is 59.1 Å². The first-order valence-electron chi connectivity index (χ1n) is 9.31. The topological polar surface area (TPSA) is 74.3 Å². The first-order valence-corrected chi connectivity index (χ1v) is 11.3. The zero-order valence-electron chi connectivity index (χ0n) is 16.1. The van der Waals surface area contributed by atoms with Crippen LogP contribution in [0.4, 0.5) is 0 Å². The van der Waals surface area contributed by atoms with Crippen LogP contribution in [0.5, 0.6) is 0 Å². The maximum absolute atomic E-state index is 4.44. The van der Waals surface area contributed by atoms with E-state index in [0.29, 0.717) is 0 Å². The molecule has 7 nitrogen and oxygen atoms in total. The fourth-order valence-corrected chi connectivity index (χ4v) is 5.76.